The van der Waals surface area contributed by atoms with Crippen LogP contribution in [0.5, 0.6) is 11.5 Å². The Balaban J connectivity index is 2.13. The second kappa shape index (κ2) is 12.2. The summed E-state index contributed by atoms with van der Waals surface area (Å²) in [6.07, 6.45) is 5.27. The van der Waals surface area contributed by atoms with Crippen molar-refractivity contribution in [2.45, 2.75) is 32.6 Å². The molecular formula is C23H30O4. The molecule has 4 nitrogen and oxygen atoms in total. The van der Waals surface area contributed by atoms with E-state index in [0.717, 1.165) is 53.9 Å². The van der Waals surface area contributed by atoms with Crippen LogP contribution in [0.3, 0.4) is 0 Å². The summed E-state index contributed by atoms with van der Waals surface area (Å²) in [6.45, 7) is 3.64. The zero-order valence-corrected chi connectivity index (χ0v) is 16.1. The quantitative estimate of drug-likeness (QED) is 0.425. The lowest BCUT2D eigenvalue weighted by atomic mass is 10.0. The van der Waals surface area contributed by atoms with Crippen molar-refractivity contribution in [1.29, 1.82) is 0 Å². The van der Waals surface area contributed by atoms with Crippen LogP contribution in [0.1, 0.15) is 43.7 Å². The summed E-state index contributed by atoms with van der Waals surface area (Å²) >= 11 is 0. The summed E-state index contributed by atoms with van der Waals surface area (Å²) in [6, 6.07) is 16.0. The van der Waals surface area contributed by atoms with Gasteiger partial charge < -0.3 is 19.7 Å². The fourth-order valence-electron chi connectivity index (χ4n) is 2.75. The van der Waals surface area contributed by atoms with E-state index in [1.807, 2.05) is 42.5 Å². The third kappa shape index (κ3) is 7.08. The van der Waals surface area contributed by atoms with Crippen molar-refractivity contribution in [3.63, 3.8) is 0 Å². The maximum absolute atomic E-state index is 8.90. The Morgan fingerprint density at radius 2 is 1.33 bits per heavy atom. The van der Waals surface area contributed by atoms with Gasteiger partial charge in [0, 0.05) is 24.3 Å². The summed E-state index contributed by atoms with van der Waals surface area (Å²) in [5, 5.41) is 17.8. The molecule has 0 aliphatic heterocycles. The zero-order valence-electron chi connectivity index (χ0n) is 16.1. The average molecular weight is 370 g/mol. The number of rotatable bonds is 12. The highest BCUT2D eigenvalue weighted by Gasteiger charge is 2.07. The summed E-state index contributed by atoms with van der Waals surface area (Å²) in [7, 11) is 0. The molecule has 2 aromatic carbocycles. The van der Waals surface area contributed by atoms with E-state index in [1.54, 1.807) is 0 Å². The lowest BCUT2D eigenvalue weighted by Gasteiger charge is -2.13. The van der Waals surface area contributed by atoms with Crippen molar-refractivity contribution >= 4 is 11.6 Å². The van der Waals surface area contributed by atoms with Crippen molar-refractivity contribution in [1.82, 2.24) is 0 Å². The molecule has 0 bridgehead atoms. The van der Waals surface area contributed by atoms with E-state index in [9.17, 15) is 0 Å². The minimum Gasteiger partial charge on any atom is -0.493 e. The smallest absolute Gasteiger partial charge is 0.126 e. The van der Waals surface area contributed by atoms with Gasteiger partial charge in [-0.1, -0.05) is 36.4 Å². The standard InChI is InChI=1S/C23H30O4/c1-19(21-11-3-5-13-23(21)27-17-9-7-15-25)18-20-10-2-4-12-22(20)26-16-8-6-14-24/h2-5,10-13,18,24-25H,6-9,14-17H2,1H3/b19-18+. The number of hydrogen-bond acceptors (Lipinski definition) is 4. The van der Waals surface area contributed by atoms with Crippen LogP contribution < -0.4 is 9.47 Å². The van der Waals surface area contributed by atoms with Crippen molar-refractivity contribution in [3.05, 3.63) is 59.7 Å². The van der Waals surface area contributed by atoms with E-state index in [-0.39, 0.29) is 13.2 Å². The molecule has 146 valence electrons. The number of ether oxygens (including phenoxy) is 2. The highest BCUT2D eigenvalue weighted by molar-refractivity contribution is 5.84. The summed E-state index contributed by atoms with van der Waals surface area (Å²) in [5.41, 5.74) is 3.17. The van der Waals surface area contributed by atoms with Crippen LogP contribution in [0.25, 0.3) is 11.6 Å². The molecule has 0 unspecified atom stereocenters. The maximum atomic E-state index is 8.90. The van der Waals surface area contributed by atoms with E-state index in [0.29, 0.717) is 13.2 Å². The highest BCUT2D eigenvalue weighted by Crippen LogP contribution is 2.30. The Labute approximate surface area is 162 Å². The van der Waals surface area contributed by atoms with Gasteiger partial charge in [0.2, 0.25) is 0 Å². The minimum absolute atomic E-state index is 0.193. The molecule has 0 saturated carbocycles. The highest BCUT2D eigenvalue weighted by atomic mass is 16.5. The van der Waals surface area contributed by atoms with Gasteiger partial charge in [0.25, 0.3) is 0 Å². The van der Waals surface area contributed by atoms with Crippen molar-refractivity contribution < 1.29 is 19.7 Å². The van der Waals surface area contributed by atoms with E-state index in [4.69, 9.17) is 19.7 Å². The van der Waals surface area contributed by atoms with Crippen LogP contribution in [0.4, 0.5) is 0 Å². The molecule has 0 spiro atoms. The third-order valence-corrected chi connectivity index (χ3v) is 4.22. The largest absolute Gasteiger partial charge is 0.493 e. The Bertz CT molecular complexity index is 709. The van der Waals surface area contributed by atoms with E-state index < -0.39 is 0 Å². The van der Waals surface area contributed by atoms with Gasteiger partial charge in [0.1, 0.15) is 11.5 Å². The maximum Gasteiger partial charge on any atom is 0.126 e. The van der Waals surface area contributed by atoms with Crippen LogP contribution in [-0.2, 0) is 0 Å². The molecule has 0 saturated heterocycles. The van der Waals surface area contributed by atoms with Gasteiger partial charge >= 0.3 is 0 Å². The molecule has 2 aromatic rings. The molecule has 0 aliphatic carbocycles. The number of allylic oxidation sites excluding steroid dienone is 1. The Kier molecular flexibility index (Phi) is 9.45. The lowest BCUT2D eigenvalue weighted by Crippen LogP contribution is -2.01. The van der Waals surface area contributed by atoms with Crippen molar-refractivity contribution in [2.24, 2.45) is 0 Å². The Hall–Kier alpha value is -2.30. The van der Waals surface area contributed by atoms with Crippen LogP contribution in [0.2, 0.25) is 0 Å². The number of hydrogen-bond donors (Lipinski definition) is 2. The van der Waals surface area contributed by atoms with E-state index >= 15 is 0 Å². The number of aliphatic hydroxyl groups is 2. The molecule has 0 heterocycles. The van der Waals surface area contributed by atoms with Gasteiger partial charge in [-0.15, -0.1) is 0 Å². The summed E-state index contributed by atoms with van der Waals surface area (Å²) in [4.78, 5) is 0. The predicted octanol–water partition coefficient (Wildman–Crippen LogP) is 4.55. The second-order valence-corrected chi connectivity index (χ2v) is 6.42. The van der Waals surface area contributed by atoms with Gasteiger partial charge in [-0.25, -0.2) is 0 Å². The SMILES string of the molecule is C/C(=C\c1ccccc1OCCCCO)c1ccccc1OCCCCO. The van der Waals surface area contributed by atoms with Crippen LogP contribution >= 0.6 is 0 Å². The zero-order chi connectivity index (χ0) is 19.3. The molecular weight excluding hydrogens is 340 g/mol. The molecule has 2 rings (SSSR count). The van der Waals surface area contributed by atoms with Gasteiger partial charge in [-0.05, 0) is 56.4 Å². The molecule has 0 aliphatic rings. The Morgan fingerprint density at radius 1 is 0.778 bits per heavy atom. The normalized spacial score (nSPS) is 11.4. The molecule has 0 fully saturated rings. The Morgan fingerprint density at radius 3 is 2.00 bits per heavy atom. The molecule has 0 atom stereocenters. The van der Waals surface area contributed by atoms with Gasteiger partial charge in [-0.2, -0.15) is 0 Å². The first kappa shape index (κ1) is 21.0. The minimum atomic E-state index is 0.193. The molecule has 27 heavy (non-hydrogen) atoms. The van der Waals surface area contributed by atoms with Gasteiger partial charge in [0.05, 0.1) is 13.2 Å². The fourth-order valence-corrected chi connectivity index (χ4v) is 2.75. The second-order valence-electron chi connectivity index (χ2n) is 6.42. The van der Waals surface area contributed by atoms with Crippen molar-refractivity contribution in [3.8, 4) is 11.5 Å². The van der Waals surface area contributed by atoms with Crippen molar-refractivity contribution in [2.75, 3.05) is 26.4 Å². The predicted molar refractivity (Wildman–Crippen MR) is 110 cm³/mol. The fraction of sp³-hybridized carbons (Fsp3) is 0.391. The number of aliphatic hydroxyl groups excluding tert-OH is 2. The number of benzene rings is 2. The first-order chi connectivity index (χ1) is 13.3. The van der Waals surface area contributed by atoms with E-state index in [1.165, 1.54) is 0 Å². The monoisotopic (exact) mass is 370 g/mol. The molecule has 0 aromatic heterocycles. The first-order valence-corrected chi connectivity index (χ1v) is 9.60. The van der Waals surface area contributed by atoms with E-state index in [2.05, 4.69) is 19.1 Å². The molecule has 2 N–H and O–H groups in total. The van der Waals surface area contributed by atoms with Gasteiger partial charge in [0.15, 0.2) is 0 Å². The third-order valence-electron chi connectivity index (χ3n) is 4.22. The topological polar surface area (TPSA) is 58.9 Å². The number of para-hydroxylation sites is 2. The van der Waals surface area contributed by atoms with Gasteiger partial charge in [-0.3, -0.25) is 0 Å². The van der Waals surface area contributed by atoms with Crippen LogP contribution in [0.15, 0.2) is 48.5 Å². The molecule has 0 amide bonds. The molecule has 0 radical (unpaired) electrons. The first-order valence-electron chi connectivity index (χ1n) is 9.60. The number of unbranched alkanes of at least 4 members (excludes halogenated alkanes) is 2. The summed E-state index contributed by atoms with van der Waals surface area (Å²) in [5.74, 6) is 1.70. The molecule has 4 heteroatoms. The average Bonchev–Trinajstić information content (AvgIpc) is 2.70. The van der Waals surface area contributed by atoms with Crippen LogP contribution in [0, 0.1) is 0 Å². The lowest BCUT2D eigenvalue weighted by molar-refractivity contribution is 0.253. The summed E-state index contributed by atoms with van der Waals surface area (Å²) < 4.78 is 11.8. The van der Waals surface area contributed by atoms with Crippen LogP contribution in [-0.4, -0.2) is 36.6 Å².